The van der Waals surface area contributed by atoms with Gasteiger partial charge in [0, 0.05) is 28.1 Å². The van der Waals surface area contributed by atoms with Crippen molar-refractivity contribution in [1.29, 1.82) is 0 Å². The Morgan fingerprint density at radius 3 is 1.02 bits per heavy atom. The van der Waals surface area contributed by atoms with E-state index in [4.69, 9.17) is 0 Å². The number of anilines is 5. The fourth-order valence-corrected chi connectivity index (χ4v) is 8.98. The molecule has 0 fully saturated rings. The molecule has 1 N–H and O–H groups in total. The van der Waals surface area contributed by atoms with Crippen LogP contribution in [0.5, 0.6) is 0 Å². The zero-order valence-electron chi connectivity index (χ0n) is 36.4. The zero-order valence-corrected chi connectivity index (χ0v) is 36.4. The number of fused-ring (bicyclic) bond motifs is 1. The van der Waals surface area contributed by atoms with E-state index in [-0.39, 0.29) is 0 Å². The Hall–Kier alpha value is -8.72. The van der Waals surface area contributed by atoms with Crippen molar-refractivity contribution in [2.75, 3.05) is 10.2 Å². The van der Waals surface area contributed by atoms with Crippen LogP contribution in [0.2, 0.25) is 0 Å². The maximum Gasteiger partial charge on any atom is 0.0546 e. The first-order valence-electron chi connectivity index (χ1n) is 22.6. The first-order valence-corrected chi connectivity index (χ1v) is 22.6. The lowest BCUT2D eigenvalue weighted by Crippen LogP contribution is -2.10. The topological polar surface area (TPSA) is 15.3 Å². The van der Waals surface area contributed by atoms with Gasteiger partial charge in [-0.25, -0.2) is 0 Å². The Morgan fingerprint density at radius 2 is 0.561 bits per heavy atom. The van der Waals surface area contributed by atoms with Gasteiger partial charge in [0.25, 0.3) is 0 Å². The summed E-state index contributed by atoms with van der Waals surface area (Å²) in [7, 11) is 0. The first kappa shape index (κ1) is 40.1. The van der Waals surface area contributed by atoms with Crippen LogP contribution >= 0.6 is 0 Å². The summed E-state index contributed by atoms with van der Waals surface area (Å²) in [6.45, 7) is 0. The van der Waals surface area contributed by atoms with Crippen molar-refractivity contribution in [2.24, 2.45) is 0 Å². The lowest BCUT2D eigenvalue weighted by Gasteiger charge is -2.28. The number of hydrogen-bond donors (Lipinski definition) is 1. The quantitative estimate of drug-likeness (QED) is 0.140. The third-order valence-corrected chi connectivity index (χ3v) is 12.4. The van der Waals surface area contributed by atoms with Crippen molar-refractivity contribution in [1.82, 2.24) is 0 Å². The predicted octanol–water partition coefficient (Wildman–Crippen LogP) is 18.1. The van der Waals surface area contributed by atoms with Gasteiger partial charge in [0.15, 0.2) is 0 Å². The minimum Gasteiger partial charge on any atom is -0.356 e. The monoisotopic (exact) mass is 842 g/mol. The van der Waals surface area contributed by atoms with Gasteiger partial charge in [-0.05, 0) is 145 Å². The second kappa shape index (κ2) is 18.2. The minimum atomic E-state index is 1.05. The van der Waals surface area contributed by atoms with Crippen molar-refractivity contribution in [2.45, 2.75) is 0 Å². The number of hydrogen-bond acceptors (Lipinski definition) is 2. The summed E-state index contributed by atoms with van der Waals surface area (Å²) in [6, 6.07) is 98.2. The average molecular weight is 843 g/mol. The van der Waals surface area contributed by atoms with Gasteiger partial charge in [-0.3, -0.25) is 0 Å². The summed E-state index contributed by atoms with van der Waals surface area (Å²) in [5, 5.41) is 5.95. The smallest absolute Gasteiger partial charge is 0.0546 e. The van der Waals surface area contributed by atoms with Gasteiger partial charge in [-0.15, -0.1) is 0 Å². The summed E-state index contributed by atoms with van der Waals surface area (Å²) in [6.07, 6.45) is 0. The number of nitrogens with one attached hydrogen (secondary N) is 1. The molecule has 66 heavy (non-hydrogen) atoms. The Morgan fingerprint density at radius 1 is 0.227 bits per heavy atom. The highest BCUT2D eigenvalue weighted by Crippen LogP contribution is 2.43. The molecule has 0 amide bonds. The molecule has 11 aromatic carbocycles. The molecule has 11 rings (SSSR count). The number of benzene rings is 11. The Labute approximate surface area is 387 Å². The van der Waals surface area contributed by atoms with E-state index in [9.17, 15) is 0 Å². The lowest BCUT2D eigenvalue weighted by molar-refractivity contribution is 1.30. The summed E-state index contributed by atoms with van der Waals surface area (Å²) in [5.41, 5.74) is 19.6. The Bertz CT molecular complexity index is 3300. The molecule has 2 nitrogen and oxygen atoms in total. The maximum absolute atomic E-state index is 3.57. The van der Waals surface area contributed by atoms with Crippen LogP contribution in [0.3, 0.4) is 0 Å². The van der Waals surface area contributed by atoms with Crippen LogP contribution in [0.4, 0.5) is 28.4 Å². The van der Waals surface area contributed by atoms with Crippen LogP contribution in [0, 0.1) is 0 Å². The van der Waals surface area contributed by atoms with E-state index in [1.165, 1.54) is 66.4 Å². The van der Waals surface area contributed by atoms with Gasteiger partial charge in [-0.2, -0.15) is 0 Å². The molecule has 0 aromatic heterocycles. The van der Waals surface area contributed by atoms with E-state index in [1.807, 2.05) is 6.07 Å². The highest BCUT2D eigenvalue weighted by atomic mass is 15.1. The zero-order chi connectivity index (χ0) is 44.1. The van der Waals surface area contributed by atoms with Crippen molar-refractivity contribution >= 4 is 39.2 Å². The van der Waals surface area contributed by atoms with Crippen molar-refractivity contribution < 1.29 is 0 Å². The molecule has 0 heterocycles. The summed E-state index contributed by atoms with van der Waals surface area (Å²) in [4.78, 5) is 2.41. The summed E-state index contributed by atoms with van der Waals surface area (Å²) >= 11 is 0. The van der Waals surface area contributed by atoms with Crippen LogP contribution in [-0.2, 0) is 0 Å². The van der Waals surface area contributed by atoms with E-state index < -0.39 is 0 Å². The van der Waals surface area contributed by atoms with E-state index in [2.05, 4.69) is 277 Å². The van der Waals surface area contributed by atoms with Gasteiger partial charge in [-0.1, -0.05) is 200 Å². The lowest BCUT2D eigenvalue weighted by atomic mass is 9.94. The molecule has 0 aliphatic rings. The molecule has 0 spiro atoms. The van der Waals surface area contributed by atoms with Crippen LogP contribution in [0.25, 0.3) is 77.5 Å². The average Bonchev–Trinajstić information content (AvgIpc) is 3.40. The molecule has 0 atom stereocenters. The second-order valence-corrected chi connectivity index (χ2v) is 16.7. The number of rotatable bonds is 11. The molecule has 0 saturated heterocycles. The third-order valence-electron chi connectivity index (χ3n) is 12.4. The standard InChI is InChI=1S/C64H46N2/c1-4-14-46(15-5-1)49-26-34-59(35-27-49)65-60-36-28-52(29-37-60)53-21-12-22-54(42-53)55-23-13-24-56(43-55)58-44-57-20-10-11-25-63(57)64(45-58)66(61-38-30-50(31-39-61)47-16-6-2-7-17-47)62-40-32-51(33-41-62)48-18-8-3-9-19-48/h1-45,65H. The Kier molecular flexibility index (Phi) is 11.0. The second-order valence-electron chi connectivity index (χ2n) is 16.7. The summed E-state index contributed by atoms with van der Waals surface area (Å²) in [5.74, 6) is 0. The van der Waals surface area contributed by atoms with Gasteiger partial charge < -0.3 is 10.2 Å². The van der Waals surface area contributed by atoms with Crippen molar-refractivity contribution in [3.63, 3.8) is 0 Å². The molecule has 0 aliphatic carbocycles. The molecule has 0 saturated carbocycles. The fourth-order valence-electron chi connectivity index (χ4n) is 8.98. The highest BCUT2D eigenvalue weighted by molar-refractivity contribution is 6.02. The van der Waals surface area contributed by atoms with Gasteiger partial charge in [0.05, 0.1) is 5.69 Å². The molecule has 312 valence electrons. The van der Waals surface area contributed by atoms with Crippen LogP contribution in [-0.4, -0.2) is 0 Å². The molecule has 0 bridgehead atoms. The van der Waals surface area contributed by atoms with E-state index >= 15 is 0 Å². The minimum absolute atomic E-state index is 1.05. The molecular formula is C64H46N2. The SMILES string of the molecule is c1ccc(-c2ccc(Nc3ccc(-c4cccc(-c5cccc(-c6cc(N(c7ccc(-c8ccccc8)cc7)c7ccc(-c8ccccc8)cc7)c7ccccc7c6)c5)c4)cc3)cc2)cc1. The van der Waals surface area contributed by atoms with Crippen LogP contribution in [0.1, 0.15) is 0 Å². The maximum atomic E-state index is 3.57. The van der Waals surface area contributed by atoms with E-state index in [0.29, 0.717) is 0 Å². The molecular weight excluding hydrogens is 797 g/mol. The molecule has 0 unspecified atom stereocenters. The number of nitrogens with zero attached hydrogens (tertiary/aromatic N) is 1. The van der Waals surface area contributed by atoms with E-state index in [0.717, 1.165) is 39.6 Å². The van der Waals surface area contributed by atoms with Gasteiger partial charge in [0.1, 0.15) is 0 Å². The Balaban J connectivity index is 0.914. The third kappa shape index (κ3) is 8.52. The summed E-state index contributed by atoms with van der Waals surface area (Å²) < 4.78 is 0. The van der Waals surface area contributed by atoms with E-state index in [1.54, 1.807) is 0 Å². The molecule has 0 aliphatic heterocycles. The van der Waals surface area contributed by atoms with Crippen molar-refractivity contribution in [3.8, 4) is 66.8 Å². The normalized spacial score (nSPS) is 11.0. The molecule has 2 heteroatoms. The van der Waals surface area contributed by atoms with Crippen LogP contribution < -0.4 is 10.2 Å². The molecule has 0 radical (unpaired) electrons. The molecule has 11 aromatic rings. The van der Waals surface area contributed by atoms with Crippen LogP contribution in [0.15, 0.2) is 273 Å². The van der Waals surface area contributed by atoms with Gasteiger partial charge >= 0.3 is 0 Å². The van der Waals surface area contributed by atoms with Crippen molar-refractivity contribution in [3.05, 3.63) is 273 Å². The van der Waals surface area contributed by atoms with Gasteiger partial charge in [0.2, 0.25) is 0 Å². The predicted molar refractivity (Wildman–Crippen MR) is 281 cm³/mol. The largest absolute Gasteiger partial charge is 0.356 e. The highest BCUT2D eigenvalue weighted by Gasteiger charge is 2.18. The fraction of sp³-hybridized carbons (Fsp3) is 0. The first-order chi connectivity index (χ1) is 32.7.